The topological polar surface area (TPSA) is 68.1 Å². The molecule has 3 rings (SSSR count). The lowest BCUT2D eigenvalue weighted by Crippen LogP contribution is -2.31. The average Bonchev–Trinajstić information content (AvgIpc) is 3.09. The first-order valence-electron chi connectivity index (χ1n) is 11.3. The van der Waals surface area contributed by atoms with Crippen molar-refractivity contribution >= 4 is 23.2 Å². The van der Waals surface area contributed by atoms with E-state index in [-0.39, 0.29) is 28.7 Å². The van der Waals surface area contributed by atoms with Gasteiger partial charge < -0.3 is 10.5 Å². The van der Waals surface area contributed by atoms with Crippen LogP contribution in [0.5, 0.6) is 0 Å². The van der Waals surface area contributed by atoms with Crippen molar-refractivity contribution in [3.63, 3.8) is 0 Å². The van der Waals surface area contributed by atoms with Crippen molar-refractivity contribution in [2.45, 2.75) is 59.9 Å². The minimum Gasteiger partial charge on any atom is -0.317 e. The summed E-state index contributed by atoms with van der Waals surface area (Å²) in [4.78, 5) is 0. The number of hydrogen-bond donors (Lipinski definition) is 3. The SMILES string of the molecule is CC(C)(C)CC1NCC(c2cccc(Cl)c2)C1C#N.CC(C)(C)CNO.Clc1ccccc1. The Morgan fingerprint density at radius 2 is 1.58 bits per heavy atom. The summed E-state index contributed by atoms with van der Waals surface area (Å²) in [5.74, 6) is 0.272. The largest absolute Gasteiger partial charge is 0.317 e. The molecule has 0 radical (unpaired) electrons. The maximum atomic E-state index is 9.51. The molecule has 0 aromatic heterocycles. The second-order valence-corrected chi connectivity index (χ2v) is 11.7. The van der Waals surface area contributed by atoms with Crippen molar-refractivity contribution in [2.24, 2.45) is 16.7 Å². The van der Waals surface area contributed by atoms with Gasteiger partial charge in [0.05, 0.1) is 12.0 Å². The molecule has 1 aliphatic rings. The molecule has 2 aromatic carbocycles. The fraction of sp³-hybridized carbons (Fsp3) is 0.519. The number of hydroxylamine groups is 1. The molecule has 0 aliphatic carbocycles. The predicted molar refractivity (Wildman–Crippen MR) is 140 cm³/mol. The molecule has 3 unspecified atom stereocenters. The Kier molecular flexibility index (Phi) is 12.4. The van der Waals surface area contributed by atoms with Crippen LogP contribution in [0.25, 0.3) is 0 Å². The predicted octanol–water partition coefficient (Wildman–Crippen LogP) is 7.32. The lowest BCUT2D eigenvalue weighted by atomic mass is 9.79. The Morgan fingerprint density at radius 3 is 1.97 bits per heavy atom. The lowest BCUT2D eigenvalue weighted by Gasteiger charge is -2.25. The summed E-state index contributed by atoms with van der Waals surface area (Å²) in [6.07, 6.45) is 1.02. The van der Waals surface area contributed by atoms with Crippen LogP contribution in [0.2, 0.25) is 10.0 Å². The average molecular weight is 493 g/mol. The van der Waals surface area contributed by atoms with E-state index in [0.717, 1.165) is 23.0 Å². The van der Waals surface area contributed by atoms with Crippen molar-refractivity contribution in [3.8, 4) is 6.07 Å². The van der Waals surface area contributed by atoms with Crippen LogP contribution in [0.3, 0.4) is 0 Å². The fourth-order valence-electron chi connectivity index (χ4n) is 3.57. The monoisotopic (exact) mass is 491 g/mol. The van der Waals surface area contributed by atoms with Crippen molar-refractivity contribution in [3.05, 3.63) is 70.2 Å². The first-order valence-corrected chi connectivity index (χ1v) is 12.1. The van der Waals surface area contributed by atoms with E-state index in [1.54, 1.807) is 0 Å². The van der Waals surface area contributed by atoms with Gasteiger partial charge in [-0.1, -0.05) is 95.1 Å². The molecule has 1 fully saturated rings. The molecule has 2 aromatic rings. The molecule has 3 atom stereocenters. The third-order valence-corrected chi connectivity index (χ3v) is 5.55. The van der Waals surface area contributed by atoms with Crippen LogP contribution >= 0.6 is 23.2 Å². The highest BCUT2D eigenvalue weighted by Gasteiger charge is 2.38. The minimum absolute atomic E-state index is 0.0256. The third kappa shape index (κ3) is 12.4. The molecule has 3 N–H and O–H groups in total. The molecule has 1 heterocycles. The molecule has 4 nitrogen and oxygen atoms in total. The zero-order valence-electron chi connectivity index (χ0n) is 20.7. The molecule has 0 bridgehead atoms. The maximum Gasteiger partial charge on any atom is 0.0697 e. The van der Waals surface area contributed by atoms with Crippen LogP contribution in [0, 0.1) is 28.1 Å². The van der Waals surface area contributed by atoms with Gasteiger partial charge in [-0.15, -0.1) is 0 Å². The Hall–Kier alpha value is -1.61. The van der Waals surface area contributed by atoms with Gasteiger partial charge in [0.1, 0.15) is 0 Å². The summed E-state index contributed by atoms with van der Waals surface area (Å²) in [6, 6.07) is 20.1. The number of benzene rings is 2. The maximum absolute atomic E-state index is 9.51. The van der Waals surface area contributed by atoms with Crippen molar-refractivity contribution < 1.29 is 5.21 Å². The molecular formula is C27H39Cl2N3O. The molecule has 0 spiro atoms. The standard InChI is InChI=1S/C16H21ClN2.C6H5Cl.C5H13NO/c1-16(2,3)8-15-13(9-18)14(10-19-15)11-5-4-6-12(17)7-11;7-6-4-2-1-3-5-6;1-5(2,3)4-6-7/h4-7,13-15,19H,8,10H2,1-3H3;1-5H;6-7H,4H2,1-3H3. The summed E-state index contributed by atoms with van der Waals surface area (Å²) >= 11 is 11.6. The van der Waals surface area contributed by atoms with Gasteiger partial charge in [0.15, 0.2) is 0 Å². The van der Waals surface area contributed by atoms with Crippen molar-refractivity contribution in [1.82, 2.24) is 10.8 Å². The quantitative estimate of drug-likeness (QED) is 0.393. The highest BCUT2D eigenvalue weighted by molar-refractivity contribution is 6.30. The summed E-state index contributed by atoms with van der Waals surface area (Å²) in [6.45, 7) is 14.3. The second kappa shape index (κ2) is 13.9. The van der Waals surface area contributed by atoms with Crippen LogP contribution in [-0.2, 0) is 0 Å². The van der Waals surface area contributed by atoms with Gasteiger partial charge >= 0.3 is 0 Å². The summed E-state index contributed by atoms with van der Waals surface area (Å²) < 4.78 is 0. The van der Waals surface area contributed by atoms with Gasteiger partial charge in [-0.2, -0.15) is 5.26 Å². The van der Waals surface area contributed by atoms with E-state index in [2.05, 4.69) is 64.5 Å². The zero-order valence-corrected chi connectivity index (χ0v) is 22.2. The van der Waals surface area contributed by atoms with Gasteiger partial charge in [-0.3, -0.25) is 0 Å². The first kappa shape index (κ1) is 29.4. The van der Waals surface area contributed by atoms with E-state index in [1.807, 2.05) is 48.5 Å². The zero-order chi connectivity index (χ0) is 25.1. The minimum atomic E-state index is 0.0256. The summed E-state index contributed by atoms with van der Waals surface area (Å²) in [5, 5.41) is 22.7. The van der Waals surface area contributed by atoms with E-state index in [9.17, 15) is 5.26 Å². The number of nitrogens with zero attached hydrogens (tertiary/aromatic N) is 1. The number of hydrogen-bond acceptors (Lipinski definition) is 4. The van der Waals surface area contributed by atoms with E-state index in [4.69, 9.17) is 28.4 Å². The van der Waals surface area contributed by atoms with E-state index in [0.29, 0.717) is 6.54 Å². The molecular weight excluding hydrogens is 453 g/mol. The molecule has 0 amide bonds. The number of halogens is 2. The number of nitrogens with one attached hydrogen (secondary N) is 2. The highest BCUT2D eigenvalue weighted by atomic mass is 35.5. The van der Waals surface area contributed by atoms with Gasteiger partial charge in [0.25, 0.3) is 0 Å². The molecule has 6 heteroatoms. The van der Waals surface area contributed by atoms with Crippen molar-refractivity contribution in [1.29, 1.82) is 5.26 Å². The van der Waals surface area contributed by atoms with Gasteiger partial charge in [-0.25, -0.2) is 5.48 Å². The molecule has 182 valence electrons. The molecule has 1 aliphatic heterocycles. The number of rotatable bonds is 3. The van der Waals surface area contributed by atoms with Crippen molar-refractivity contribution in [2.75, 3.05) is 13.1 Å². The van der Waals surface area contributed by atoms with Crippen LogP contribution in [0.15, 0.2) is 54.6 Å². The normalized spacial score (nSPS) is 20.1. The Labute approximate surface area is 210 Å². The summed E-state index contributed by atoms with van der Waals surface area (Å²) in [5.41, 5.74) is 3.70. The molecule has 1 saturated heterocycles. The molecule has 0 saturated carbocycles. The Bertz CT molecular complexity index is 854. The Morgan fingerprint density at radius 1 is 0.970 bits per heavy atom. The third-order valence-electron chi connectivity index (χ3n) is 5.07. The highest BCUT2D eigenvalue weighted by Crippen LogP contribution is 2.37. The first-order chi connectivity index (χ1) is 15.4. The van der Waals surface area contributed by atoms with Crippen LogP contribution in [0.4, 0.5) is 0 Å². The van der Waals surface area contributed by atoms with Crippen LogP contribution in [-0.4, -0.2) is 24.3 Å². The second-order valence-electron chi connectivity index (χ2n) is 10.8. The lowest BCUT2D eigenvalue weighted by molar-refractivity contribution is 0.131. The van der Waals surface area contributed by atoms with Gasteiger partial charge in [0.2, 0.25) is 0 Å². The number of nitriles is 1. The molecule has 33 heavy (non-hydrogen) atoms. The van der Waals surface area contributed by atoms with Gasteiger partial charge in [0, 0.05) is 35.1 Å². The van der Waals surface area contributed by atoms with E-state index in [1.165, 1.54) is 5.56 Å². The van der Waals surface area contributed by atoms with Crippen LogP contribution in [0.1, 0.15) is 59.4 Å². The van der Waals surface area contributed by atoms with E-state index < -0.39 is 0 Å². The van der Waals surface area contributed by atoms with Gasteiger partial charge in [-0.05, 0) is 47.1 Å². The Balaban J connectivity index is 0.000000318. The van der Waals surface area contributed by atoms with Crippen LogP contribution < -0.4 is 10.8 Å². The fourth-order valence-corrected chi connectivity index (χ4v) is 3.91. The van der Waals surface area contributed by atoms with E-state index >= 15 is 0 Å². The summed E-state index contributed by atoms with van der Waals surface area (Å²) in [7, 11) is 0. The smallest absolute Gasteiger partial charge is 0.0697 e.